The van der Waals surface area contributed by atoms with Crippen LogP contribution in [0.2, 0.25) is 0 Å². The van der Waals surface area contributed by atoms with Crippen LogP contribution < -0.4 is 14.4 Å². The van der Waals surface area contributed by atoms with E-state index in [1.54, 1.807) is 48.5 Å². The fraction of sp³-hybridized carbons (Fsp3) is 0.394. The largest absolute Gasteiger partial charge is 0.492 e. The molecule has 232 valence electrons. The van der Waals surface area contributed by atoms with Gasteiger partial charge in [0, 0.05) is 17.5 Å². The number of thioether (sulfide) groups is 1. The smallest absolute Gasteiger partial charge is 0.264 e. The maximum Gasteiger partial charge on any atom is 0.264 e. The van der Waals surface area contributed by atoms with Crippen LogP contribution in [0.3, 0.4) is 0 Å². The average Bonchev–Trinajstić information content (AvgIpc) is 3.00. The number of nitrogens with zero attached hydrogens (tertiary/aromatic N) is 2. The number of aryl methyl sites for hydroxylation is 1. The molecule has 0 fully saturated rings. The van der Waals surface area contributed by atoms with E-state index in [1.165, 1.54) is 16.7 Å². The third-order valence-corrected chi connectivity index (χ3v) is 9.70. The Morgan fingerprint density at radius 1 is 0.953 bits per heavy atom. The third-order valence-electron chi connectivity index (χ3n) is 7.18. The number of carbonyl (C=O) groups excluding carboxylic acids is 2. The van der Waals surface area contributed by atoms with Crippen molar-refractivity contribution in [3.8, 4) is 5.75 Å². The number of rotatable bonds is 15. The summed E-state index contributed by atoms with van der Waals surface area (Å²) in [6.45, 7) is 9.46. The number of hydrogen-bond acceptors (Lipinski definition) is 6. The van der Waals surface area contributed by atoms with E-state index >= 15 is 0 Å². The molecule has 3 rings (SSSR count). The van der Waals surface area contributed by atoms with Crippen molar-refractivity contribution in [3.63, 3.8) is 0 Å². The first-order chi connectivity index (χ1) is 20.5. The maximum atomic E-state index is 14.3. The fourth-order valence-electron chi connectivity index (χ4n) is 4.70. The summed E-state index contributed by atoms with van der Waals surface area (Å²) in [5, 5.41) is 3.00. The molecule has 3 aromatic carbocycles. The molecule has 0 bridgehead atoms. The van der Waals surface area contributed by atoms with Crippen LogP contribution >= 0.6 is 11.8 Å². The zero-order valence-corrected chi connectivity index (χ0v) is 27.5. The summed E-state index contributed by atoms with van der Waals surface area (Å²) in [4.78, 5) is 30.2. The van der Waals surface area contributed by atoms with E-state index < -0.39 is 28.5 Å². The van der Waals surface area contributed by atoms with Crippen LogP contribution in [0, 0.1) is 6.92 Å². The predicted octanol–water partition coefficient (Wildman–Crippen LogP) is 6.03. The van der Waals surface area contributed by atoms with Gasteiger partial charge in [-0.25, -0.2) is 8.42 Å². The highest BCUT2D eigenvalue weighted by atomic mass is 32.2. The molecule has 2 unspecified atom stereocenters. The summed E-state index contributed by atoms with van der Waals surface area (Å²) < 4.78 is 35.3. The molecule has 0 radical (unpaired) electrons. The van der Waals surface area contributed by atoms with E-state index in [-0.39, 0.29) is 29.1 Å². The van der Waals surface area contributed by atoms with E-state index in [4.69, 9.17) is 4.74 Å². The zero-order valence-electron chi connectivity index (χ0n) is 25.9. The lowest BCUT2D eigenvalue weighted by Gasteiger charge is -2.34. The number of sulfonamides is 1. The quantitative estimate of drug-likeness (QED) is 0.207. The highest BCUT2D eigenvalue weighted by molar-refractivity contribution is 7.98. The topological polar surface area (TPSA) is 96.0 Å². The minimum atomic E-state index is -4.21. The Balaban J connectivity index is 2.12. The Morgan fingerprint density at radius 2 is 1.65 bits per heavy atom. The van der Waals surface area contributed by atoms with Crippen molar-refractivity contribution in [2.45, 2.75) is 75.9 Å². The minimum absolute atomic E-state index is 0.0520. The summed E-state index contributed by atoms with van der Waals surface area (Å²) >= 11 is 1.51. The van der Waals surface area contributed by atoms with Crippen LogP contribution in [0.5, 0.6) is 5.75 Å². The minimum Gasteiger partial charge on any atom is -0.492 e. The normalized spacial score (nSPS) is 12.7. The van der Waals surface area contributed by atoms with Crippen molar-refractivity contribution < 1.29 is 22.7 Å². The van der Waals surface area contributed by atoms with Gasteiger partial charge < -0.3 is 15.0 Å². The molecule has 8 nitrogen and oxygen atoms in total. The first-order valence-electron chi connectivity index (χ1n) is 14.6. The van der Waals surface area contributed by atoms with Crippen molar-refractivity contribution in [2.24, 2.45) is 0 Å². The maximum absolute atomic E-state index is 14.3. The van der Waals surface area contributed by atoms with Gasteiger partial charge in [-0.05, 0) is 81.8 Å². The number of para-hydroxylation sites is 2. The average molecular weight is 626 g/mol. The number of amides is 2. The molecular weight excluding hydrogens is 583 g/mol. The lowest BCUT2D eigenvalue weighted by Crippen LogP contribution is -2.53. The summed E-state index contributed by atoms with van der Waals surface area (Å²) in [5.74, 6) is -0.424. The van der Waals surface area contributed by atoms with Crippen LogP contribution in [-0.2, 0) is 26.2 Å². The van der Waals surface area contributed by atoms with E-state index in [1.807, 2.05) is 65.1 Å². The second kappa shape index (κ2) is 15.8. The molecule has 0 aliphatic carbocycles. The summed E-state index contributed by atoms with van der Waals surface area (Å²) in [5.41, 5.74) is 2.12. The zero-order chi connectivity index (χ0) is 31.6. The van der Waals surface area contributed by atoms with Crippen molar-refractivity contribution in [2.75, 3.05) is 23.7 Å². The van der Waals surface area contributed by atoms with Gasteiger partial charge in [0.15, 0.2) is 0 Å². The van der Waals surface area contributed by atoms with Gasteiger partial charge in [0.25, 0.3) is 10.0 Å². The molecule has 2 amide bonds. The molecule has 0 aromatic heterocycles. The Kier molecular flexibility index (Phi) is 12.5. The standard InChI is InChI=1S/C33H43N3O5S2/c1-7-25(5)34-33(38)29(8-2)35(22-26-14-12-13-24(4)21-26)32(37)23-36(30-15-10-11-16-31(30)41-9-3)43(39,40)28-19-17-27(42-6)18-20-28/h10-21,25,29H,7-9,22-23H2,1-6H3,(H,34,38). The van der Waals surface area contributed by atoms with Gasteiger partial charge in [-0.15, -0.1) is 11.8 Å². The predicted molar refractivity (Wildman–Crippen MR) is 174 cm³/mol. The highest BCUT2D eigenvalue weighted by Gasteiger charge is 2.35. The first kappa shape index (κ1) is 34.0. The molecule has 0 saturated carbocycles. The van der Waals surface area contributed by atoms with Crippen molar-refractivity contribution in [1.29, 1.82) is 0 Å². The molecule has 3 aromatic rings. The SMILES string of the molecule is CCOc1ccccc1N(CC(=O)N(Cc1cccc(C)c1)C(CC)C(=O)NC(C)CC)S(=O)(=O)c1ccc(SC)cc1. The monoisotopic (exact) mass is 625 g/mol. The second-order valence-electron chi connectivity index (χ2n) is 10.3. The third kappa shape index (κ3) is 8.76. The van der Waals surface area contributed by atoms with Gasteiger partial charge in [0.2, 0.25) is 11.8 Å². The van der Waals surface area contributed by atoms with Crippen molar-refractivity contribution >= 4 is 39.3 Å². The number of benzene rings is 3. The van der Waals surface area contributed by atoms with Gasteiger partial charge in [-0.2, -0.15) is 0 Å². The first-order valence-corrected chi connectivity index (χ1v) is 17.3. The highest BCUT2D eigenvalue weighted by Crippen LogP contribution is 2.33. The van der Waals surface area contributed by atoms with E-state index in [0.29, 0.717) is 18.8 Å². The van der Waals surface area contributed by atoms with Gasteiger partial charge >= 0.3 is 0 Å². The molecule has 0 spiro atoms. The summed E-state index contributed by atoms with van der Waals surface area (Å²) in [7, 11) is -4.21. The Labute approximate surface area is 260 Å². The van der Waals surface area contributed by atoms with Crippen molar-refractivity contribution in [1.82, 2.24) is 10.2 Å². The summed E-state index contributed by atoms with van der Waals surface area (Å²) in [6, 6.07) is 20.2. The molecule has 0 heterocycles. The van der Waals surface area contributed by atoms with Crippen LogP contribution in [0.4, 0.5) is 5.69 Å². The molecule has 2 atom stereocenters. The Bertz CT molecular complexity index is 1480. The molecule has 43 heavy (non-hydrogen) atoms. The summed E-state index contributed by atoms with van der Waals surface area (Å²) in [6.07, 6.45) is 3.01. The van der Waals surface area contributed by atoms with Gasteiger partial charge in [0.05, 0.1) is 17.2 Å². The lowest BCUT2D eigenvalue weighted by molar-refractivity contribution is -0.140. The van der Waals surface area contributed by atoms with E-state index in [2.05, 4.69) is 5.32 Å². The number of carbonyl (C=O) groups is 2. The second-order valence-corrected chi connectivity index (χ2v) is 13.1. The van der Waals surface area contributed by atoms with Crippen molar-refractivity contribution in [3.05, 3.63) is 83.9 Å². The number of anilines is 1. The molecule has 10 heteroatoms. The Hall–Kier alpha value is -3.50. The molecule has 0 saturated heterocycles. The van der Waals surface area contributed by atoms with Crippen LogP contribution in [0.1, 0.15) is 51.7 Å². The van der Waals surface area contributed by atoms with Gasteiger partial charge in [-0.1, -0.05) is 55.8 Å². The van der Waals surface area contributed by atoms with Crippen LogP contribution in [-0.4, -0.2) is 56.6 Å². The van der Waals surface area contributed by atoms with Crippen LogP contribution in [0.25, 0.3) is 0 Å². The van der Waals surface area contributed by atoms with E-state index in [0.717, 1.165) is 26.7 Å². The molecule has 0 aliphatic rings. The number of nitrogens with one attached hydrogen (secondary N) is 1. The van der Waals surface area contributed by atoms with Crippen LogP contribution in [0.15, 0.2) is 82.6 Å². The molecular formula is C33H43N3O5S2. The number of hydrogen-bond donors (Lipinski definition) is 1. The van der Waals surface area contributed by atoms with Gasteiger partial charge in [0.1, 0.15) is 18.3 Å². The molecule has 1 N–H and O–H groups in total. The fourth-order valence-corrected chi connectivity index (χ4v) is 6.53. The molecule has 0 aliphatic heterocycles. The van der Waals surface area contributed by atoms with Gasteiger partial charge in [-0.3, -0.25) is 13.9 Å². The van der Waals surface area contributed by atoms with E-state index in [9.17, 15) is 18.0 Å². The lowest BCUT2D eigenvalue weighted by atomic mass is 10.1. The number of ether oxygens (including phenoxy) is 1. The Morgan fingerprint density at radius 3 is 2.26 bits per heavy atom.